The fraction of sp³-hybridized carbons (Fsp3) is 0.333. The van der Waals surface area contributed by atoms with Gasteiger partial charge in [-0.15, -0.1) is 11.8 Å². The molecule has 7 heteroatoms. The van der Waals surface area contributed by atoms with Crippen LogP contribution in [0.3, 0.4) is 0 Å². The predicted molar refractivity (Wildman–Crippen MR) is 74.0 cm³/mol. The van der Waals surface area contributed by atoms with Gasteiger partial charge in [-0.25, -0.2) is 4.39 Å². The Hall–Kier alpha value is -1.27. The van der Waals surface area contributed by atoms with Gasteiger partial charge in [-0.1, -0.05) is 11.6 Å². The molecule has 19 heavy (non-hydrogen) atoms. The highest BCUT2D eigenvalue weighted by molar-refractivity contribution is 8.00. The van der Waals surface area contributed by atoms with Crippen LogP contribution in [0.5, 0.6) is 0 Å². The monoisotopic (exact) mass is 305 g/mol. The number of rotatable bonds is 6. The molecule has 0 saturated heterocycles. The lowest BCUT2D eigenvalue weighted by Crippen LogP contribution is -2.16. The van der Waals surface area contributed by atoms with Crippen molar-refractivity contribution in [1.29, 1.82) is 0 Å². The lowest BCUT2D eigenvalue weighted by atomic mass is 10.3. The van der Waals surface area contributed by atoms with E-state index in [1.165, 1.54) is 12.1 Å². The first-order valence-corrected chi connectivity index (χ1v) is 7.04. The van der Waals surface area contributed by atoms with E-state index in [4.69, 9.17) is 16.3 Å². The minimum absolute atomic E-state index is 0.0898. The normalized spacial score (nSPS) is 10.1. The van der Waals surface area contributed by atoms with Crippen molar-refractivity contribution in [3.63, 3.8) is 0 Å². The molecule has 0 aliphatic carbocycles. The summed E-state index contributed by atoms with van der Waals surface area (Å²) in [5.41, 5.74) is 0.338. The van der Waals surface area contributed by atoms with E-state index >= 15 is 0 Å². The molecular weight excluding hydrogens is 293 g/mol. The highest BCUT2D eigenvalue weighted by atomic mass is 35.5. The van der Waals surface area contributed by atoms with Gasteiger partial charge in [0.05, 0.1) is 28.8 Å². The molecule has 1 aromatic rings. The standard InChI is InChI=1S/C12H13ClFNO3S/c1-2-18-12(17)7-19-6-11(16)15-10-4-3-8(14)5-9(10)13/h3-5H,2,6-7H2,1H3,(H,15,16). The molecule has 1 amide bonds. The molecule has 0 aliphatic heterocycles. The second-order valence-electron chi connectivity index (χ2n) is 3.47. The maximum Gasteiger partial charge on any atom is 0.315 e. The number of carbonyl (C=O) groups excluding carboxylic acids is 2. The summed E-state index contributed by atoms with van der Waals surface area (Å²) in [6.07, 6.45) is 0. The van der Waals surface area contributed by atoms with E-state index in [0.717, 1.165) is 17.8 Å². The Balaban J connectivity index is 2.37. The van der Waals surface area contributed by atoms with Crippen molar-refractivity contribution in [2.45, 2.75) is 6.92 Å². The van der Waals surface area contributed by atoms with Crippen molar-refractivity contribution in [2.24, 2.45) is 0 Å². The summed E-state index contributed by atoms with van der Waals surface area (Å²) in [7, 11) is 0. The van der Waals surface area contributed by atoms with E-state index in [0.29, 0.717) is 12.3 Å². The van der Waals surface area contributed by atoms with Crippen LogP contribution in [-0.2, 0) is 14.3 Å². The topological polar surface area (TPSA) is 55.4 Å². The fourth-order valence-electron chi connectivity index (χ4n) is 1.21. The number of benzene rings is 1. The first-order chi connectivity index (χ1) is 9.02. The summed E-state index contributed by atoms with van der Waals surface area (Å²) >= 11 is 6.90. The lowest BCUT2D eigenvalue weighted by molar-refractivity contribution is -0.139. The van der Waals surface area contributed by atoms with Crippen molar-refractivity contribution < 1.29 is 18.7 Å². The Kier molecular flexibility index (Phi) is 6.66. The average molecular weight is 306 g/mol. The van der Waals surface area contributed by atoms with E-state index in [-0.39, 0.29) is 28.4 Å². The number of halogens is 2. The Morgan fingerprint density at radius 2 is 2.16 bits per heavy atom. The molecule has 1 aromatic carbocycles. The number of anilines is 1. The maximum absolute atomic E-state index is 12.8. The number of ether oxygens (including phenoxy) is 1. The molecule has 0 unspecified atom stereocenters. The molecular formula is C12H13ClFNO3S. The van der Waals surface area contributed by atoms with Crippen LogP contribution in [0.2, 0.25) is 5.02 Å². The van der Waals surface area contributed by atoms with Crippen LogP contribution in [0.15, 0.2) is 18.2 Å². The molecule has 0 spiro atoms. The van der Waals surface area contributed by atoms with E-state index in [1.807, 2.05) is 0 Å². The van der Waals surface area contributed by atoms with Crippen molar-refractivity contribution >= 4 is 40.9 Å². The number of hydrogen-bond acceptors (Lipinski definition) is 4. The zero-order valence-corrected chi connectivity index (χ0v) is 11.8. The highest BCUT2D eigenvalue weighted by Crippen LogP contribution is 2.22. The minimum Gasteiger partial charge on any atom is -0.465 e. The van der Waals surface area contributed by atoms with Crippen LogP contribution in [-0.4, -0.2) is 30.0 Å². The SMILES string of the molecule is CCOC(=O)CSCC(=O)Nc1ccc(F)cc1Cl. The molecule has 4 nitrogen and oxygen atoms in total. The van der Waals surface area contributed by atoms with Gasteiger partial charge in [0.2, 0.25) is 5.91 Å². The van der Waals surface area contributed by atoms with Gasteiger partial charge >= 0.3 is 5.97 Å². The Morgan fingerprint density at radius 3 is 2.79 bits per heavy atom. The largest absolute Gasteiger partial charge is 0.465 e. The van der Waals surface area contributed by atoms with E-state index in [9.17, 15) is 14.0 Å². The average Bonchev–Trinajstić information content (AvgIpc) is 2.33. The van der Waals surface area contributed by atoms with Gasteiger partial charge in [-0.3, -0.25) is 9.59 Å². The van der Waals surface area contributed by atoms with E-state index < -0.39 is 5.82 Å². The first kappa shape index (κ1) is 15.8. The summed E-state index contributed by atoms with van der Waals surface area (Å²) in [5.74, 6) is -0.951. The molecule has 0 atom stereocenters. The summed E-state index contributed by atoms with van der Waals surface area (Å²) in [5, 5.41) is 2.66. The van der Waals surface area contributed by atoms with Crippen molar-refractivity contribution in [1.82, 2.24) is 0 Å². The highest BCUT2D eigenvalue weighted by Gasteiger charge is 2.08. The molecule has 1 N–H and O–H groups in total. The third-order valence-corrected chi connectivity index (χ3v) is 3.18. The van der Waals surface area contributed by atoms with Crippen molar-refractivity contribution in [2.75, 3.05) is 23.4 Å². The number of amides is 1. The molecule has 0 bridgehead atoms. The third-order valence-electron chi connectivity index (χ3n) is 1.96. The van der Waals surface area contributed by atoms with Crippen molar-refractivity contribution in [3.05, 3.63) is 29.0 Å². The predicted octanol–water partition coefficient (Wildman–Crippen LogP) is 2.71. The number of nitrogens with one attached hydrogen (secondary N) is 1. The van der Waals surface area contributed by atoms with Crippen LogP contribution in [0, 0.1) is 5.82 Å². The van der Waals surface area contributed by atoms with Crippen LogP contribution in [0.4, 0.5) is 10.1 Å². The van der Waals surface area contributed by atoms with Crippen LogP contribution in [0.25, 0.3) is 0 Å². The van der Waals surface area contributed by atoms with Gasteiger partial charge < -0.3 is 10.1 Å². The number of carbonyl (C=O) groups is 2. The van der Waals surface area contributed by atoms with E-state index in [2.05, 4.69) is 5.32 Å². The summed E-state index contributed by atoms with van der Waals surface area (Å²) in [6.45, 7) is 2.03. The minimum atomic E-state index is -0.473. The zero-order valence-electron chi connectivity index (χ0n) is 10.2. The van der Waals surface area contributed by atoms with Crippen LogP contribution in [0.1, 0.15) is 6.92 Å². The second-order valence-corrected chi connectivity index (χ2v) is 4.86. The quantitative estimate of drug-likeness (QED) is 0.821. The van der Waals surface area contributed by atoms with Crippen molar-refractivity contribution in [3.8, 4) is 0 Å². The number of thioether (sulfide) groups is 1. The third kappa shape index (κ3) is 5.94. The van der Waals surface area contributed by atoms with Gasteiger partial charge in [0, 0.05) is 0 Å². The molecule has 0 radical (unpaired) electrons. The zero-order chi connectivity index (χ0) is 14.3. The van der Waals surface area contributed by atoms with Crippen LogP contribution < -0.4 is 5.32 Å². The summed E-state index contributed by atoms with van der Waals surface area (Å²) in [4.78, 5) is 22.6. The Bertz CT molecular complexity index is 470. The molecule has 0 saturated carbocycles. The summed E-state index contributed by atoms with van der Waals surface area (Å²) in [6, 6.07) is 3.70. The van der Waals surface area contributed by atoms with Gasteiger partial charge in [-0.05, 0) is 25.1 Å². The fourth-order valence-corrected chi connectivity index (χ4v) is 2.03. The Labute approximate surface area is 119 Å². The van der Waals surface area contributed by atoms with Gasteiger partial charge in [0.15, 0.2) is 0 Å². The molecule has 0 aliphatic rings. The molecule has 0 aromatic heterocycles. The maximum atomic E-state index is 12.8. The molecule has 0 heterocycles. The molecule has 0 fully saturated rings. The first-order valence-electron chi connectivity index (χ1n) is 5.51. The molecule has 1 rings (SSSR count). The van der Waals surface area contributed by atoms with E-state index in [1.54, 1.807) is 6.92 Å². The number of esters is 1. The lowest BCUT2D eigenvalue weighted by Gasteiger charge is -2.07. The van der Waals surface area contributed by atoms with Gasteiger partial charge in [0.25, 0.3) is 0 Å². The number of hydrogen-bond donors (Lipinski definition) is 1. The van der Waals surface area contributed by atoms with Crippen LogP contribution >= 0.6 is 23.4 Å². The second kappa shape index (κ2) is 8.01. The van der Waals surface area contributed by atoms with Gasteiger partial charge in [-0.2, -0.15) is 0 Å². The Morgan fingerprint density at radius 1 is 1.42 bits per heavy atom. The smallest absolute Gasteiger partial charge is 0.315 e. The van der Waals surface area contributed by atoms with Gasteiger partial charge in [0.1, 0.15) is 5.82 Å². The summed E-state index contributed by atoms with van der Waals surface area (Å²) < 4.78 is 17.5. The molecule has 104 valence electrons.